The maximum absolute atomic E-state index is 11.3. The molecule has 0 bridgehead atoms. The van der Waals surface area contributed by atoms with Crippen LogP contribution in [0.15, 0.2) is 29.4 Å². The summed E-state index contributed by atoms with van der Waals surface area (Å²) in [5.74, 6) is 0.911. The van der Waals surface area contributed by atoms with E-state index in [1.165, 1.54) is 6.26 Å². The molecule has 0 saturated heterocycles. The first-order valence-electron chi connectivity index (χ1n) is 7.82. The molecule has 1 aromatic rings. The lowest BCUT2D eigenvalue weighted by Crippen LogP contribution is -2.42. The second-order valence-corrected chi connectivity index (χ2v) is 8.67. The molecule has 1 aromatic heterocycles. The Morgan fingerprint density at radius 1 is 1.29 bits per heavy atom. The summed E-state index contributed by atoms with van der Waals surface area (Å²) in [6, 6.07) is 5.75. The van der Waals surface area contributed by atoms with Gasteiger partial charge in [0, 0.05) is 25.5 Å². The molecule has 0 fully saturated rings. The van der Waals surface area contributed by atoms with Gasteiger partial charge in [-0.05, 0) is 30.9 Å². The van der Waals surface area contributed by atoms with Crippen molar-refractivity contribution in [3.05, 3.63) is 30.1 Å². The van der Waals surface area contributed by atoms with Crippen LogP contribution in [0.5, 0.6) is 0 Å². The van der Waals surface area contributed by atoms with Crippen LogP contribution in [0, 0.1) is 5.41 Å². The molecule has 1 rings (SSSR count). The Balaban J connectivity index is 0.00000529. The first kappa shape index (κ1) is 23.1. The molecule has 0 unspecified atom stereocenters. The van der Waals surface area contributed by atoms with E-state index in [2.05, 4.69) is 20.6 Å². The van der Waals surface area contributed by atoms with E-state index in [4.69, 9.17) is 0 Å². The van der Waals surface area contributed by atoms with Crippen molar-refractivity contribution in [2.75, 3.05) is 25.1 Å². The van der Waals surface area contributed by atoms with Gasteiger partial charge < -0.3 is 10.6 Å². The van der Waals surface area contributed by atoms with Gasteiger partial charge in [0.05, 0.1) is 18.0 Å². The molecule has 8 heteroatoms. The highest BCUT2D eigenvalue weighted by Crippen LogP contribution is 2.19. The van der Waals surface area contributed by atoms with Crippen LogP contribution in [-0.4, -0.2) is 44.5 Å². The summed E-state index contributed by atoms with van der Waals surface area (Å²) >= 11 is 0. The zero-order valence-electron chi connectivity index (χ0n) is 14.9. The number of aromatic nitrogens is 1. The molecule has 0 aliphatic carbocycles. The summed E-state index contributed by atoms with van der Waals surface area (Å²) in [5, 5.41) is 6.47. The summed E-state index contributed by atoms with van der Waals surface area (Å²) in [5.41, 5.74) is 0.769. The third-order valence-electron chi connectivity index (χ3n) is 3.35. The van der Waals surface area contributed by atoms with Crippen molar-refractivity contribution in [3.8, 4) is 0 Å². The molecule has 138 valence electrons. The van der Waals surface area contributed by atoms with E-state index in [9.17, 15) is 8.42 Å². The third kappa shape index (κ3) is 10.8. The van der Waals surface area contributed by atoms with Crippen LogP contribution in [0.2, 0.25) is 0 Å². The van der Waals surface area contributed by atoms with Crippen molar-refractivity contribution < 1.29 is 8.42 Å². The fourth-order valence-electron chi connectivity index (χ4n) is 1.87. The van der Waals surface area contributed by atoms with Crippen LogP contribution in [-0.2, 0) is 16.4 Å². The molecule has 0 saturated carbocycles. The molecule has 2 N–H and O–H groups in total. The molecule has 0 aliphatic heterocycles. The molecule has 0 aromatic carbocycles. The second kappa shape index (κ2) is 10.9. The van der Waals surface area contributed by atoms with Gasteiger partial charge in [-0.2, -0.15) is 0 Å². The normalized spacial score (nSPS) is 12.4. The SMILES string of the molecule is CCNC(=NCc1ccccn1)NCC(C)(C)CCS(C)(=O)=O.I. The van der Waals surface area contributed by atoms with Crippen molar-refractivity contribution in [2.24, 2.45) is 10.4 Å². The predicted octanol–water partition coefficient (Wildman–Crippen LogP) is 2.22. The van der Waals surface area contributed by atoms with E-state index >= 15 is 0 Å². The van der Waals surface area contributed by atoms with E-state index in [0.29, 0.717) is 25.5 Å². The van der Waals surface area contributed by atoms with Crippen LogP contribution in [0.25, 0.3) is 0 Å². The van der Waals surface area contributed by atoms with Gasteiger partial charge >= 0.3 is 0 Å². The van der Waals surface area contributed by atoms with E-state index < -0.39 is 9.84 Å². The Morgan fingerprint density at radius 2 is 2.00 bits per heavy atom. The number of sulfone groups is 1. The van der Waals surface area contributed by atoms with Gasteiger partial charge in [0.15, 0.2) is 5.96 Å². The van der Waals surface area contributed by atoms with Crippen molar-refractivity contribution in [1.29, 1.82) is 0 Å². The largest absolute Gasteiger partial charge is 0.357 e. The van der Waals surface area contributed by atoms with Gasteiger partial charge in [0.25, 0.3) is 0 Å². The van der Waals surface area contributed by atoms with Gasteiger partial charge in [-0.15, -0.1) is 24.0 Å². The lowest BCUT2D eigenvalue weighted by molar-refractivity contribution is 0.348. The highest BCUT2D eigenvalue weighted by molar-refractivity contribution is 14.0. The molecule has 1 heterocycles. The summed E-state index contributed by atoms with van der Waals surface area (Å²) < 4.78 is 22.6. The number of guanidine groups is 1. The molecule has 0 aliphatic rings. The fraction of sp³-hybridized carbons (Fsp3) is 0.625. The molecule has 0 radical (unpaired) electrons. The molecule has 0 spiro atoms. The van der Waals surface area contributed by atoms with Crippen molar-refractivity contribution in [3.63, 3.8) is 0 Å². The summed E-state index contributed by atoms with van der Waals surface area (Å²) in [6.07, 6.45) is 3.63. The smallest absolute Gasteiger partial charge is 0.191 e. The standard InChI is InChI=1S/C16H28N4O2S.HI/c1-5-17-15(19-12-14-8-6-7-10-18-14)20-13-16(2,3)9-11-23(4,21)22;/h6-8,10H,5,9,11-13H2,1-4H3,(H2,17,19,20);1H. The Kier molecular flexibility index (Phi) is 10.5. The third-order valence-corrected chi connectivity index (χ3v) is 4.30. The van der Waals surface area contributed by atoms with E-state index in [1.54, 1.807) is 6.20 Å². The number of aliphatic imine (C=N–C) groups is 1. The van der Waals surface area contributed by atoms with Crippen LogP contribution in [0.4, 0.5) is 0 Å². The Morgan fingerprint density at radius 3 is 2.54 bits per heavy atom. The number of nitrogens with zero attached hydrogens (tertiary/aromatic N) is 2. The van der Waals surface area contributed by atoms with Crippen LogP contribution < -0.4 is 10.6 Å². The van der Waals surface area contributed by atoms with Crippen molar-refractivity contribution >= 4 is 39.8 Å². The monoisotopic (exact) mass is 468 g/mol. The number of hydrogen-bond acceptors (Lipinski definition) is 4. The van der Waals surface area contributed by atoms with Crippen LogP contribution >= 0.6 is 24.0 Å². The minimum absolute atomic E-state index is 0. The average Bonchev–Trinajstić information content (AvgIpc) is 2.49. The lowest BCUT2D eigenvalue weighted by Gasteiger charge is -2.25. The topological polar surface area (TPSA) is 83.4 Å². The molecule has 24 heavy (non-hydrogen) atoms. The van der Waals surface area contributed by atoms with Gasteiger partial charge in [-0.25, -0.2) is 13.4 Å². The molecule has 0 amide bonds. The maximum Gasteiger partial charge on any atom is 0.191 e. The predicted molar refractivity (Wildman–Crippen MR) is 111 cm³/mol. The highest BCUT2D eigenvalue weighted by Gasteiger charge is 2.20. The molecular weight excluding hydrogens is 439 g/mol. The quantitative estimate of drug-likeness (QED) is 0.347. The summed E-state index contributed by atoms with van der Waals surface area (Å²) in [7, 11) is -2.93. The van der Waals surface area contributed by atoms with Crippen molar-refractivity contribution in [1.82, 2.24) is 15.6 Å². The van der Waals surface area contributed by atoms with Gasteiger partial charge in [0.1, 0.15) is 9.84 Å². The van der Waals surface area contributed by atoms with Crippen LogP contribution in [0.1, 0.15) is 32.9 Å². The Hall–Kier alpha value is -0.900. The zero-order chi connectivity index (χ0) is 17.3. The maximum atomic E-state index is 11.3. The van der Waals surface area contributed by atoms with E-state index in [0.717, 1.165) is 12.2 Å². The first-order valence-corrected chi connectivity index (χ1v) is 9.88. The Labute approximate surface area is 162 Å². The molecular formula is C16H29IN4O2S. The minimum Gasteiger partial charge on any atom is -0.357 e. The number of halogens is 1. The zero-order valence-corrected chi connectivity index (χ0v) is 18.0. The van der Waals surface area contributed by atoms with Gasteiger partial charge in [0.2, 0.25) is 0 Å². The van der Waals surface area contributed by atoms with Gasteiger partial charge in [-0.1, -0.05) is 19.9 Å². The van der Waals surface area contributed by atoms with E-state index in [1.807, 2.05) is 39.0 Å². The number of nitrogens with one attached hydrogen (secondary N) is 2. The minimum atomic E-state index is -2.93. The first-order chi connectivity index (χ1) is 10.7. The average molecular weight is 468 g/mol. The number of pyridine rings is 1. The number of hydrogen-bond donors (Lipinski definition) is 2. The lowest BCUT2D eigenvalue weighted by atomic mass is 9.90. The second-order valence-electron chi connectivity index (χ2n) is 6.41. The summed E-state index contributed by atoms with van der Waals surface area (Å²) in [4.78, 5) is 8.76. The van der Waals surface area contributed by atoms with Crippen LogP contribution in [0.3, 0.4) is 0 Å². The van der Waals surface area contributed by atoms with Crippen molar-refractivity contribution in [2.45, 2.75) is 33.7 Å². The molecule has 0 atom stereocenters. The van der Waals surface area contributed by atoms with E-state index in [-0.39, 0.29) is 35.1 Å². The Bertz CT molecular complexity index is 604. The summed E-state index contributed by atoms with van der Waals surface area (Å²) in [6.45, 7) is 8.02. The highest BCUT2D eigenvalue weighted by atomic mass is 127. The molecule has 6 nitrogen and oxygen atoms in total. The number of rotatable bonds is 8. The van der Waals surface area contributed by atoms with Gasteiger partial charge in [-0.3, -0.25) is 4.98 Å². The fourth-order valence-corrected chi connectivity index (χ4v) is 2.79.